The fourth-order valence-electron chi connectivity index (χ4n) is 2.82. The van der Waals surface area contributed by atoms with E-state index in [9.17, 15) is 4.79 Å². The summed E-state index contributed by atoms with van der Waals surface area (Å²) < 4.78 is 5.55. The third kappa shape index (κ3) is 6.90. The second kappa shape index (κ2) is 11.0. The highest BCUT2D eigenvalue weighted by molar-refractivity contribution is 5.85. The molecule has 1 aromatic carbocycles. The van der Waals surface area contributed by atoms with Crippen LogP contribution in [0, 0.1) is 0 Å². The number of morpholine rings is 1. The summed E-state index contributed by atoms with van der Waals surface area (Å²) in [7, 11) is 0. The van der Waals surface area contributed by atoms with E-state index in [1.165, 1.54) is 0 Å². The first-order valence-corrected chi connectivity index (χ1v) is 8.53. The van der Waals surface area contributed by atoms with Gasteiger partial charge in [0.1, 0.15) is 5.82 Å². The van der Waals surface area contributed by atoms with Crippen LogP contribution in [0.2, 0.25) is 0 Å². The molecule has 1 saturated heterocycles. The highest BCUT2D eigenvalue weighted by Crippen LogP contribution is 2.15. The Bertz CT molecular complexity index is 711. The maximum Gasteiger partial charge on any atom is 0.224 e. The quantitative estimate of drug-likeness (QED) is 0.737. The van der Waals surface area contributed by atoms with Crippen molar-refractivity contribution in [3.05, 3.63) is 53.7 Å². The minimum atomic E-state index is -0.0177. The molecule has 0 saturated carbocycles. The number of hydrogen-bond acceptors (Lipinski definition) is 5. The van der Waals surface area contributed by atoms with Gasteiger partial charge in [-0.2, -0.15) is 0 Å². The van der Waals surface area contributed by atoms with Crippen molar-refractivity contribution in [3.63, 3.8) is 0 Å². The third-order valence-corrected chi connectivity index (χ3v) is 4.21. The number of amides is 1. The summed E-state index contributed by atoms with van der Waals surface area (Å²) in [6.45, 7) is 4.98. The molecule has 1 unspecified atom stereocenters. The summed E-state index contributed by atoms with van der Waals surface area (Å²) in [6, 6.07) is 11.4. The van der Waals surface area contributed by atoms with Gasteiger partial charge in [0.25, 0.3) is 0 Å². The zero-order valence-electron chi connectivity index (χ0n) is 15.3. The fourth-order valence-corrected chi connectivity index (χ4v) is 2.82. The van der Waals surface area contributed by atoms with Gasteiger partial charge in [0.05, 0.1) is 19.1 Å². The molecule has 0 radical (unpaired) electrons. The molecule has 1 aromatic heterocycles. The Morgan fingerprint density at radius 1 is 1.22 bits per heavy atom. The largest absolute Gasteiger partial charge is 0.399 e. The smallest absolute Gasteiger partial charge is 0.224 e. The van der Waals surface area contributed by atoms with Gasteiger partial charge in [-0.3, -0.25) is 4.79 Å². The molecule has 0 bridgehead atoms. The normalized spacial score (nSPS) is 16.0. The van der Waals surface area contributed by atoms with Gasteiger partial charge in [0.15, 0.2) is 0 Å². The molecular formula is C19H26Cl2N4O2. The molecule has 6 nitrogen and oxygen atoms in total. The summed E-state index contributed by atoms with van der Waals surface area (Å²) in [5.41, 5.74) is 8.28. The number of halogens is 2. The zero-order chi connectivity index (χ0) is 17.6. The molecule has 1 aliphatic heterocycles. The van der Waals surface area contributed by atoms with E-state index in [0.717, 1.165) is 36.6 Å². The van der Waals surface area contributed by atoms with E-state index < -0.39 is 0 Å². The third-order valence-electron chi connectivity index (χ3n) is 4.21. The van der Waals surface area contributed by atoms with E-state index in [2.05, 4.69) is 22.1 Å². The Balaban J connectivity index is 0.00000182. The number of aromatic nitrogens is 1. The number of benzene rings is 1. The molecule has 0 aliphatic carbocycles. The molecule has 1 aliphatic rings. The van der Waals surface area contributed by atoms with Gasteiger partial charge in [-0.25, -0.2) is 4.98 Å². The lowest BCUT2D eigenvalue weighted by Gasteiger charge is -2.32. The topological polar surface area (TPSA) is 80.5 Å². The van der Waals surface area contributed by atoms with Crippen molar-refractivity contribution in [1.82, 2.24) is 10.3 Å². The average Bonchev–Trinajstić information content (AvgIpc) is 2.62. The van der Waals surface area contributed by atoms with Crippen molar-refractivity contribution in [2.75, 3.05) is 30.3 Å². The van der Waals surface area contributed by atoms with E-state index in [1.54, 1.807) is 12.1 Å². The van der Waals surface area contributed by atoms with E-state index >= 15 is 0 Å². The Morgan fingerprint density at radius 2 is 1.93 bits per heavy atom. The standard InChI is InChI=1S/C19H24N4O2.2ClH/c1-14-13-23(8-9-25-14)18-7-4-16(11-21-18)12-22-19(24)10-15-2-5-17(20)6-3-15;;/h2-7,11,14H,8-10,12-13,20H2,1H3,(H,22,24);2*1H. The highest BCUT2D eigenvalue weighted by Gasteiger charge is 2.17. The molecular weight excluding hydrogens is 387 g/mol. The van der Waals surface area contributed by atoms with Crippen LogP contribution in [0.25, 0.3) is 0 Å². The second-order valence-electron chi connectivity index (χ2n) is 6.35. The lowest BCUT2D eigenvalue weighted by molar-refractivity contribution is -0.120. The number of ether oxygens (including phenoxy) is 1. The molecule has 1 amide bonds. The van der Waals surface area contributed by atoms with Crippen molar-refractivity contribution >= 4 is 42.2 Å². The number of carbonyl (C=O) groups is 1. The van der Waals surface area contributed by atoms with Gasteiger partial charge >= 0.3 is 0 Å². The molecule has 3 rings (SSSR count). The Kier molecular flexibility index (Phi) is 9.35. The number of nitrogen functional groups attached to an aromatic ring is 1. The Morgan fingerprint density at radius 3 is 2.56 bits per heavy atom. The van der Waals surface area contributed by atoms with Crippen molar-refractivity contribution in [3.8, 4) is 0 Å². The first-order chi connectivity index (χ1) is 12.1. The lowest BCUT2D eigenvalue weighted by atomic mass is 10.1. The second-order valence-corrected chi connectivity index (χ2v) is 6.35. The average molecular weight is 413 g/mol. The van der Waals surface area contributed by atoms with Crippen LogP contribution >= 0.6 is 24.8 Å². The predicted octanol–water partition coefficient (Wildman–Crippen LogP) is 2.59. The number of pyridine rings is 1. The van der Waals surface area contributed by atoms with Gasteiger partial charge in [-0.15, -0.1) is 24.8 Å². The molecule has 2 heterocycles. The summed E-state index contributed by atoms with van der Waals surface area (Å²) in [5, 5.41) is 2.92. The maximum absolute atomic E-state index is 12.0. The van der Waals surface area contributed by atoms with Gasteiger partial charge in [0.2, 0.25) is 5.91 Å². The molecule has 1 atom stereocenters. The zero-order valence-corrected chi connectivity index (χ0v) is 16.9. The van der Waals surface area contributed by atoms with Crippen LogP contribution in [0.1, 0.15) is 18.1 Å². The minimum Gasteiger partial charge on any atom is -0.399 e. The number of nitrogens with one attached hydrogen (secondary N) is 1. The predicted molar refractivity (Wildman–Crippen MR) is 113 cm³/mol. The lowest BCUT2D eigenvalue weighted by Crippen LogP contribution is -2.41. The monoisotopic (exact) mass is 412 g/mol. The summed E-state index contributed by atoms with van der Waals surface area (Å²) in [4.78, 5) is 18.8. The molecule has 8 heteroatoms. The molecule has 148 valence electrons. The van der Waals surface area contributed by atoms with Crippen LogP contribution in [0.5, 0.6) is 0 Å². The molecule has 0 spiro atoms. The van der Waals surface area contributed by atoms with Crippen LogP contribution in [-0.4, -0.2) is 36.7 Å². The van der Waals surface area contributed by atoms with Gasteiger partial charge in [-0.05, 0) is 36.2 Å². The highest BCUT2D eigenvalue weighted by atomic mass is 35.5. The van der Waals surface area contributed by atoms with Gasteiger partial charge in [0, 0.05) is 31.5 Å². The Hall–Kier alpha value is -2.02. The number of nitrogens with two attached hydrogens (primary N) is 1. The molecule has 27 heavy (non-hydrogen) atoms. The number of anilines is 2. The summed E-state index contributed by atoms with van der Waals surface area (Å²) in [5.74, 6) is 0.933. The number of carbonyl (C=O) groups excluding carboxylic acids is 1. The molecule has 1 fully saturated rings. The van der Waals surface area contributed by atoms with E-state index in [0.29, 0.717) is 18.7 Å². The maximum atomic E-state index is 12.0. The number of rotatable bonds is 5. The Labute approximate surface area is 172 Å². The van der Waals surface area contributed by atoms with E-state index in [4.69, 9.17) is 10.5 Å². The van der Waals surface area contributed by atoms with E-state index in [-0.39, 0.29) is 36.8 Å². The van der Waals surface area contributed by atoms with Crippen molar-refractivity contribution in [1.29, 1.82) is 0 Å². The number of hydrogen-bond donors (Lipinski definition) is 2. The van der Waals surface area contributed by atoms with Crippen LogP contribution in [-0.2, 0) is 22.5 Å². The van der Waals surface area contributed by atoms with Crippen molar-refractivity contribution in [2.24, 2.45) is 0 Å². The number of nitrogens with zero attached hydrogens (tertiary/aromatic N) is 2. The minimum absolute atomic E-state index is 0. The van der Waals surface area contributed by atoms with Crippen LogP contribution in [0.15, 0.2) is 42.6 Å². The first kappa shape index (κ1) is 23.0. The van der Waals surface area contributed by atoms with Crippen LogP contribution in [0.4, 0.5) is 11.5 Å². The first-order valence-electron chi connectivity index (χ1n) is 8.53. The van der Waals surface area contributed by atoms with Gasteiger partial charge < -0.3 is 20.7 Å². The van der Waals surface area contributed by atoms with Gasteiger partial charge in [-0.1, -0.05) is 18.2 Å². The van der Waals surface area contributed by atoms with Crippen LogP contribution in [0.3, 0.4) is 0 Å². The van der Waals surface area contributed by atoms with E-state index in [1.807, 2.05) is 30.5 Å². The van der Waals surface area contributed by atoms with Crippen molar-refractivity contribution in [2.45, 2.75) is 26.0 Å². The fraction of sp³-hybridized carbons (Fsp3) is 0.368. The molecule has 2 aromatic rings. The summed E-state index contributed by atoms with van der Waals surface area (Å²) >= 11 is 0. The SMILES string of the molecule is CC1CN(c2ccc(CNC(=O)Cc3ccc(N)cc3)cn2)CCO1.Cl.Cl. The molecule has 3 N–H and O–H groups in total. The van der Waals surface area contributed by atoms with Crippen LogP contribution < -0.4 is 16.0 Å². The van der Waals surface area contributed by atoms with Crippen molar-refractivity contribution < 1.29 is 9.53 Å². The summed E-state index contributed by atoms with van der Waals surface area (Å²) in [6.07, 6.45) is 2.39.